The minimum Gasteiger partial charge on any atom is -0.497 e. The van der Waals surface area contributed by atoms with Crippen LogP contribution in [0, 0.1) is 5.41 Å². The molecule has 0 radical (unpaired) electrons. The van der Waals surface area contributed by atoms with E-state index in [1.807, 2.05) is 24.3 Å². The second-order valence-corrected chi connectivity index (χ2v) is 5.41. The van der Waals surface area contributed by atoms with Gasteiger partial charge in [0.25, 0.3) is 0 Å². The molecule has 1 fully saturated rings. The topological polar surface area (TPSA) is 59.6 Å². The van der Waals surface area contributed by atoms with Gasteiger partial charge >= 0.3 is 0 Å². The molecule has 2 rings (SSSR count). The third kappa shape index (κ3) is 3.99. The Morgan fingerprint density at radius 2 is 2.21 bits per heavy atom. The highest BCUT2D eigenvalue weighted by atomic mass is 127. The van der Waals surface area contributed by atoms with E-state index in [0.717, 1.165) is 17.9 Å². The smallest absolute Gasteiger partial charge is 0.193 e. The largest absolute Gasteiger partial charge is 0.497 e. The van der Waals surface area contributed by atoms with E-state index in [1.165, 1.54) is 6.42 Å². The average Bonchev–Trinajstić information content (AvgIpc) is 2.35. The summed E-state index contributed by atoms with van der Waals surface area (Å²) < 4.78 is 5.16. The van der Waals surface area contributed by atoms with Crippen LogP contribution in [-0.2, 0) is 0 Å². The van der Waals surface area contributed by atoms with Crippen molar-refractivity contribution < 1.29 is 4.74 Å². The number of nitrogens with one attached hydrogen (secondary N) is 1. The Balaban J connectivity index is 0.00000180. The molecule has 1 aromatic carbocycles. The van der Waals surface area contributed by atoms with E-state index in [0.29, 0.717) is 12.0 Å². The van der Waals surface area contributed by atoms with Crippen LogP contribution in [0.3, 0.4) is 0 Å². The summed E-state index contributed by atoms with van der Waals surface area (Å²) in [4.78, 5) is 4.53. The Morgan fingerprint density at radius 1 is 1.47 bits per heavy atom. The fourth-order valence-electron chi connectivity index (χ4n) is 2.14. The van der Waals surface area contributed by atoms with Gasteiger partial charge in [-0.05, 0) is 30.4 Å². The first kappa shape index (κ1) is 16.1. The van der Waals surface area contributed by atoms with Gasteiger partial charge in [-0.1, -0.05) is 19.9 Å². The normalized spacial score (nSPS) is 21.0. The van der Waals surface area contributed by atoms with Crippen molar-refractivity contribution in [3.8, 4) is 5.75 Å². The van der Waals surface area contributed by atoms with Crippen LogP contribution in [-0.4, -0.2) is 19.1 Å². The van der Waals surface area contributed by atoms with Crippen molar-refractivity contribution in [3.05, 3.63) is 24.3 Å². The van der Waals surface area contributed by atoms with Gasteiger partial charge in [0.15, 0.2) is 5.96 Å². The Labute approximate surface area is 131 Å². The van der Waals surface area contributed by atoms with Gasteiger partial charge in [0.1, 0.15) is 5.75 Å². The number of rotatable bonds is 3. The minimum atomic E-state index is 0. The van der Waals surface area contributed by atoms with Gasteiger partial charge in [0.2, 0.25) is 0 Å². The number of hydrogen-bond acceptors (Lipinski definition) is 2. The average molecular weight is 375 g/mol. The molecule has 0 aromatic heterocycles. The molecule has 0 bridgehead atoms. The van der Waals surface area contributed by atoms with Gasteiger partial charge in [-0.25, -0.2) is 4.99 Å². The summed E-state index contributed by atoms with van der Waals surface area (Å²) in [6.07, 6.45) is 2.33. The van der Waals surface area contributed by atoms with Crippen molar-refractivity contribution >= 4 is 35.6 Å². The van der Waals surface area contributed by atoms with E-state index in [4.69, 9.17) is 10.5 Å². The molecule has 1 aromatic rings. The Bertz CT molecular complexity index is 460. The highest BCUT2D eigenvalue weighted by Crippen LogP contribution is 2.42. The number of nitrogens with zero attached hydrogens (tertiary/aromatic N) is 1. The van der Waals surface area contributed by atoms with Crippen molar-refractivity contribution in [3.63, 3.8) is 0 Å². The van der Waals surface area contributed by atoms with Gasteiger partial charge in [-0.15, -0.1) is 24.0 Å². The highest BCUT2D eigenvalue weighted by Gasteiger charge is 2.38. The molecule has 0 spiro atoms. The third-order valence-electron chi connectivity index (χ3n) is 3.60. The van der Waals surface area contributed by atoms with Crippen LogP contribution in [0.2, 0.25) is 0 Å². The van der Waals surface area contributed by atoms with E-state index >= 15 is 0 Å². The van der Waals surface area contributed by atoms with Crippen LogP contribution < -0.4 is 15.8 Å². The molecule has 0 amide bonds. The van der Waals surface area contributed by atoms with Crippen LogP contribution in [0.4, 0.5) is 5.69 Å². The summed E-state index contributed by atoms with van der Waals surface area (Å²) in [5, 5.41) is 3.10. The molecule has 5 heteroatoms. The molecule has 1 aliphatic carbocycles. The number of anilines is 1. The van der Waals surface area contributed by atoms with E-state index in [2.05, 4.69) is 24.2 Å². The zero-order valence-electron chi connectivity index (χ0n) is 11.6. The molecule has 0 heterocycles. The molecule has 1 unspecified atom stereocenters. The summed E-state index contributed by atoms with van der Waals surface area (Å²) in [5.41, 5.74) is 7.10. The summed E-state index contributed by atoms with van der Waals surface area (Å²) in [6, 6.07) is 7.98. The van der Waals surface area contributed by atoms with Crippen LogP contribution >= 0.6 is 24.0 Å². The molecule has 19 heavy (non-hydrogen) atoms. The molecule has 4 nitrogen and oxygen atoms in total. The van der Waals surface area contributed by atoms with Crippen LogP contribution in [0.1, 0.15) is 26.7 Å². The molecular weight excluding hydrogens is 353 g/mol. The molecule has 1 aliphatic rings. The predicted molar refractivity (Wildman–Crippen MR) is 90.5 cm³/mol. The van der Waals surface area contributed by atoms with Gasteiger partial charge < -0.3 is 15.8 Å². The quantitative estimate of drug-likeness (QED) is 0.485. The summed E-state index contributed by atoms with van der Waals surface area (Å²) >= 11 is 0. The van der Waals surface area contributed by atoms with E-state index in [1.54, 1.807) is 7.11 Å². The number of methoxy groups -OCH3 is 1. The highest BCUT2D eigenvalue weighted by molar-refractivity contribution is 14.0. The van der Waals surface area contributed by atoms with Crippen molar-refractivity contribution in [2.75, 3.05) is 12.4 Å². The zero-order valence-corrected chi connectivity index (χ0v) is 14.0. The van der Waals surface area contributed by atoms with Gasteiger partial charge in [0.05, 0.1) is 13.2 Å². The fourth-order valence-corrected chi connectivity index (χ4v) is 2.14. The lowest BCUT2D eigenvalue weighted by Gasteiger charge is -2.41. The first-order valence-corrected chi connectivity index (χ1v) is 6.25. The number of benzene rings is 1. The fraction of sp³-hybridized carbons (Fsp3) is 0.500. The van der Waals surface area contributed by atoms with E-state index in [9.17, 15) is 0 Å². The van der Waals surface area contributed by atoms with Crippen LogP contribution in [0.15, 0.2) is 29.3 Å². The maximum absolute atomic E-state index is 5.93. The van der Waals surface area contributed by atoms with Gasteiger partial charge in [0, 0.05) is 11.8 Å². The number of halogens is 1. The third-order valence-corrected chi connectivity index (χ3v) is 3.60. The molecular formula is C14H22IN3O. The minimum absolute atomic E-state index is 0. The first-order chi connectivity index (χ1) is 8.51. The van der Waals surface area contributed by atoms with Crippen molar-refractivity contribution in [1.29, 1.82) is 0 Å². The Hall–Kier alpha value is -0.980. The molecule has 106 valence electrons. The first-order valence-electron chi connectivity index (χ1n) is 6.25. The van der Waals surface area contributed by atoms with Crippen molar-refractivity contribution in [1.82, 2.24) is 0 Å². The van der Waals surface area contributed by atoms with E-state index in [-0.39, 0.29) is 29.4 Å². The summed E-state index contributed by atoms with van der Waals surface area (Å²) in [5.74, 6) is 1.28. The SMILES string of the molecule is COc1cccc(NC(N)=NC2CCC2(C)C)c1.I. The maximum Gasteiger partial charge on any atom is 0.193 e. The number of ether oxygens (including phenoxy) is 1. The zero-order chi connectivity index (χ0) is 13.2. The second kappa shape index (κ2) is 6.45. The standard InChI is InChI=1S/C14H21N3O.HI/c1-14(2)8-7-12(14)17-13(15)16-10-5-4-6-11(9-10)18-3;/h4-6,9,12H,7-8H2,1-3H3,(H3,15,16,17);1H. The molecule has 1 atom stereocenters. The monoisotopic (exact) mass is 375 g/mol. The van der Waals surface area contributed by atoms with Crippen LogP contribution in [0.5, 0.6) is 5.75 Å². The molecule has 3 N–H and O–H groups in total. The lowest BCUT2D eigenvalue weighted by atomic mass is 9.68. The Kier molecular flexibility index (Phi) is 5.46. The molecule has 0 aliphatic heterocycles. The summed E-state index contributed by atoms with van der Waals surface area (Å²) in [7, 11) is 1.65. The number of aliphatic imine (C=N–C) groups is 1. The number of nitrogens with two attached hydrogens (primary N) is 1. The van der Waals surface area contributed by atoms with Crippen molar-refractivity contribution in [2.45, 2.75) is 32.7 Å². The molecule has 0 saturated heterocycles. The van der Waals surface area contributed by atoms with Gasteiger partial charge in [-0.3, -0.25) is 0 Å². The second-order valence-electron chi connectivity index (χ2n) is 5.41. The predicted octanol–water partition coefficient (Wildman–Crippen LogP) is 3.23. The van der Waals surface area contributed by atoms with Gasteiger partial charge in [-0.2, -0.15) is 0 Å². The van der Waals surface area contributed by atoms with Crippen LogP contribution in [0.25, 0.3) is 0 Å². The number of guanidine groups is 1. The van der Waals surface area contributed by atoms with E-state index < -0.39 is 0 Å². The van der Waals surface area contributed by atoms with Crippen molar-refractivity contribution in [2.24, 2.45) is 16.1 Å². The lowest BCUT2D eigenvalue weighted by molar-refractivity contribution is 0.145. The molecule has 1 saturated carbocycles. The number of hydrogen-bond donors (Lipinski definition) is 2. The lowest BCUT2D eigenvalue weighted by Crippen LogP contribution is -2.40. The maximum atomic E-state index is 5.93. The Morgan fingerprint density at radius 3 is 2.74 bits per heavy atom. The summed E-state index contributed by atoms with van der Waals surface area (Å²) in [6.45, 7) is 4.45.